The van der Waals surface area contributed by atoms with E-state index in [1.54, 1.807) is 0 Å². The van der Waals surface area contributed by atoms with Gasteiger partial charge in [-0.15, -0.1) is 11.3 Å². The lowest BCUT2D eigenvalue weighted by Crippen LogP contribution is -2.27. The Labute approximate surface area is 111 Å². The minimum Gasteiger partial charge on any atom is -0.314 e. The number of hydrogen-bond donors (Lipinski definition) is 1. The zero-order valence-electron chi connectivity index (χ0n) is 10.0. The molecule has 2 atom stereocenters. The summed E-state index contributed by atoms with van der Waals surface area (Å²) in [4.78, 5) is 1.49. The van der Waals surface area contributed by atoms with Gasteiger partial charge in [-0.2, -0.15) is 0 Å². The van der Waals surface area contributed by atoms with Crippen molar-refractivity contribution in [1.82, 2.24) is 5.32 Å². The van der Waals surface area contributed by atoms with Crippen molar-refractivity contribution in [3.8, 4) is 0 Å². The zero-order valence-corrected chi connectivity index (χ0v) is 12.4. The van der Waals surface area contributed by atoms with Gasteiger partial charge in [-0.3, -0.25) is 0 Å². The summed E-state index contributed by atoms with van der Waals surface area (Å²) in [6.07, 6.45) is 3.97. The summed E-state index contributed by atoms with van der Waals surface area (Å²) in [7, 11) is 0. The van der Waals surface area contributed by atoms with Crippen LogP contribution in [0.15, 0.2) is 15.9 Å². The molecule has 1 heterocycles. The molecular formula is C13H20BrNS. The third-order valence-corrected chi connectivity index (χ3v) is 5.42. The van der Waals surface area contributed by atoms with Crippen molar-refractivity contribution in [1.29, 1.82) is 0 Å². The maximum atomic E-state index is 3.62. The van der Waals surface area contributed by atoms with Gasteiger partial charge in [0.2, 0.25) is 0 Å². The van der Waals surface area contributed by atoms with Gasteiger partial charge in [-0.05, 0) is 65.0 Å². The molecule has 1 saturated carbocycles. The second kappa shape index (κ2) is 5.65. The van der Waals surface area contributed by atoms with Crippen LogP contribution in [0, 0.1) is 11.8 Å². The smallest absolute Gasteiger partial charge is 0.0314 e. The van der Waals surface area contributed by atoms with Crippen LogP contribution >= 0.6 is 27.3 Å². The van der Waals surface area contributed by atoms with E-state index >= 15 is 0 Å². The fraction of sp³-hybridized carbons (Fsp3) is 0.692. The molecule has 90 valence electrons. The van der Waals surface area contributed by atoms with Crippen LogP contribution in [0.25, 0.3) is 0 Å². The molecule has 0 spiro atoms. The first-order valence-electron chi connectivity index (χ1n) is 6.12. The van der Waals surface area contributed by atoms with Crippen molar-refractivity contribution < 1.29 is 0 Å². The van der Waals surface area contributed by atoms with E-state index in [9.17, 15) is 0 Å². The van der Waals surface area contributed by atoms with Crippen LogP contribution in [0.1, 0.15) is 31.6 Å². The molecule has 16 heavy (non-hydrogen) atoms. The van der Waals surface area contributed by atoms with Crippen molar-refractivity contribution in [2.24, 2.45) is 11.8 Å². The topological polar surface area (TPSA) is 12.0 Å². The van der Waals surface area contributed by atoms with Gasteiger partial charge in [0.15, 0.2) is 0 Å². The van der Waals surface area contributed by atoms with E-state index in [4.69, 9.17) is 0 Å². The van der Waals surface area contributed by atoms with E-state index in [2.05, 4.69) is 46.5 Å². The summed E-state index contributed by atoms with van der Waals surface area (Å²) in [6, 6.07) is 2.99. The predicted molar refractivity (Wildman–Crippen MR) is 75.1 cm³/mol. The summed E-state index contributed by atoms with van der Waals surface area (Å²) in [6.45, 7) is 5.90. The van der Waals surface area contributed by atoms with Crippen LogP contribution < -0.4 is 5.32 Å². The summed E-state index contributed by atoms with van der Waals surface area (Å²) in [5, 5.41) is 5.79. The van der Waals surface area contributed by atoms with Gasteiger partial charge in [0, 0.05) is 15.4 Å². The molecule has 0 bridgehead atoms. The Morgan fingerprint density at radius 1 is 1.44 bits per heavy atom. The van der Waals surface area contributed by atoms with E-state index in [0.717, 1.165) is 17.9 Å². The normalized spacial score (nSPS) is 19.7. The van der Waals surface area contributed by atoms with E-state index in [1.165, 1.54) is 35.2 Å². The number of hydrogen-bond acceptors (Lipinski definition) is 2. The van der Waals surface area contributed by atoms with Gasteiger partial charge in [0.05, 0.1) is 0 Å². The maximum absolute atomic E-state index is 3.62. The molecule has 1 fully saturated rings. The van der Waals surface area contributed by atoms with Gasteiger partial charge >= 0.3 is 0 Å². The fourth-order valence-corrected chi connectivity index (χ4v) is 3.46. The molecule has 1 N–H and O–H groups in total. The van der Waals surface area contributed by atoms with Gasteiger partial charge in [-0.25, -0.2) is 0 Å². The lowest BCUT2D eigenvalue weighted by Gasteiger charge is -2.20. The Morgan fingerprint density at radius 3 is 2.75 bits per heavy atom. The van der Waals surface area contributed by atoms with Crippen molar-refractivity contribution in [2.45, 2.75) is 39.2 Å². The largest absolute Gasteiger partial charge is 0.314 e. The monoisotopic (exact) mass is 301 g/mol. The van der Waals surface area contributed by atoms with Gasteiger partial charge < -0.3 is 5.32 Å². The minimum atomic E-state index is 0.751. The van der Waals surface area contributed by atoms with Crippen LogP contribution in [0.4, 0.5) is 0 Å². The second-order valence-corrected chi connectivity index (χ2v) is 6.89. The number of thiophene rings is 1. The maximum Gasteiger partial charge on any atom is 0.0314 e. The van der Waals surface area contributed by atoms with E-state index in [-0.39, 0.29) is 0 Å². The van der Waals surface area contributed by atoms with Crippen LogP contribution in [-0.2, 0) is 6.42 Å². The van der Waals surface area contributed by atoms with Crippen LogP contribution in [-0.4, -0.2) is 12.6 Å². The summed E-state index contributed by atoms with van der Waals surface area (Å²) in [5.41, 5.74) is 0. The average Bonchev–Trinajstić information content (AvgIpc) is 3.01. The Balaban J connectivity index is 1.77. The van der Waals surface area contributed by atoms with Crippen molar-refractivity contribution >= 4 is 27.3 Å². The van der Waals surface area contributed by atoms with Crippen LogP contribution in [0.5, 0.6) is 0 Å². The quantitative estimate of drug-likeness (QED) is 0.835. The summed E-state index contributed by atoms with van der Waals surface area (Å²) >= 11 is 5.48. The predicted octanol–water partition coefficient (Wildman–Crippen LogP) is 4.08. The standard InChI is InChI=1S/C13H20BrNS/c1-9(7-13-12(14)5-6-16-13)10(2)8-15-11-3-4-11/h5-6,9-11,15H,3-4,7-8H2,1-2H3. The van der Waals surface area contributed by atoms with Crippen molar-refractivity contribution in [3.05, 3.63) is 20.8 Å². The molecular weight excluding hydrogens is 282 g/mol. The molecule has 0 saturated heterocycles. The second-order valence-electron chi connectivity index (χ2n) is 5.03. The highest BCUT2D eigenvalue weighted by atomic mass is 79.9. The Hall–Kier alpha value is 0.140. The molecule has 3 heteroatoms. The molecule has 2 rings (SSSR count). The Morgan fingerprint density at radius 2 is 2.19 bits per heavy atom. The molecule has 0 amide bonds. The minimum absolute atomic E-state index is 0.751. The first kappa shape index (κ1) is 12.6. The van der Waals surface area contributed by atoms with E-state index in [1.807, 2.05) is 11.3 Å². The van der Waals surface area contributed by atoms with Crippen LogP contribution in [0.3, 0.4) is 0 Å². The average molecular weight is 302 g/mol. The van der Waals surface area contributed by atoms with Gasteiger partial charge in [-0.1, -0.05) is 13.8 Å². The molecule has 1 aliphatic carbocycles. The third-order valence-electron chi connectivity index (χ3n) is 3.48. The van der Waals surface area contributed by atoms with Crippen LogP contribution in [0.2, 0.25) is 0 Å². The molecule has 0 radical (unpaired) electrons. The molecule has 1 aliphatic rings. The summed E-state index contributed by atoms with van der Waals surface area (Å²) < 4.78 is 1.28. The van der Waals surface area contributed by atoms with E-state index in [0.29, 0.717) is 0 Å². The highest BCUT2D eigenvalue weighted by Gasteiger charge is 2.22. The molecule has 0 aromatic carbocycles. The molecule has 0 aliphatic heterocycles. The highest BCUT2D eigenvalue weighted by molar-refractivity contribution is 9.10. The zero-order chi connectivity index (χ0) is 11.5. The molecule has 2 unspecified atom stereocenters. The molecule has 1 nitrogen and oxygen atoms in total. The summed E-state index contributed by atoms with van der Waals surface area (Å²) in [5.74, 6) is 1.51. The SMILES string of the molecule is CC(CNC1CC1)C(C)Cc1sccc1Br. The van der Waals surface area contributed by atoms with Crippen molar-refractivity contribution in [2.75, 3.05) is 6.54 Å². The van der Waals surface area contributed by atoms with Crippen molar-refractivity contribution in [3.63, 3.8) is 0 Å². The molecule has 1 aromatic rings. The third kappa shape index (κ3) is 3.57. The molecule has 1 aromatic heterocycles. The lowest BCUT2D eigenvalue weighted by atomic mass is 9.92. The number of halogens is 1. The van der Waals surface area contributed by atoms with E-state index < -0.39 is 0 Å². The first-order valence-corrected chi connectivity index (χ1v) is 7.79. The highest BCUT2D eigenvalue weighted by Crippen LogP contribution is 2.28. The van der Waals surface area contributed by atoms with Gasteiger partial charge in [0.25, 0.3) is 0 Å². The Bertz CT molecular complexity index is 332. The fourth-order valence-electron chi connectivity index (χ4n) is 1.81. The first-order chi connectivity index (χ1) is 7.66. The number of rotatable bonds is 6. The number of nitrogens with one attached hydrogen (secondary N) is 1. The lowest BCUT2D eigenvalue weighted by molar-refractivity contribution is 0.365. The Kier molecular flexibility index (Phi) is 4.45. The van der Waals surface area contributed by atoms with Gasteiger partial charge in [0.1, 0.15) is 0 Å².